The van der Waals surface area contributed by atoms with E-state index in [0.29, 0.717) is 29.9 Å². The van der Waals surface area contributed by atoms with E-state index in [0.717, 1.165) is 38.2 Å². The molecule has 2 fully saturated rings. The van der Waals surface area contributed by atoms with Crippen molar-refractivity contribution >= 4 is 10.8 Å². The van der Waals surface area contributed by atoms with Crippen LogP contribution >= 0.6 is 0 Å². The number of hydrogen-bond donors (Lipinski definition) is 0. The third kappa shape index (κ3) is 7.14. The summed E-state index contributed by atoms with van der Waals surface area (Å²) >= 11 is 0. The molecule has 11 heteroatoms. The zero-order valence-electron chi connectivity index (χ0n) is 21.2. The summed E-state index contributed by atoms with van der Waals surface area (Å²) in [5, 5.41) is -1.47. The largest absolute Gasteiger partial charge is 0.458 e. The third-order valence-corrected chi connectivity index (χ3v) is 7.36. The van der Waals surface area contributed by atoms with Gasteiger partial charge in [0, 0.05) is 17.9 Å². The van der Waals surface area contributed by atoms with Gasteiger partial charge < -0.3 is 14.2 Å². The van der Waals surface area contributed by atoms with Crippen LogP contribution in [0.1, 0.15) is 57.4 Å². The van der Waals surface area contributed by atoms with Crippen molar-refractivity contribution < 1.29 is 49.3 Å². The van der Waals surface area contributed by atoms with Crippen LogP contribution in [0.5, 0.6) is 5.75 Å². The summed E-state index contributed by atoms with van der Waals surface area (Å²) in [5.41, 5.74) is -1.30. The lowest BCUT2D eigenvalue weighted by Gasteiger charge is -2.39. The number of rotatable bonds is 7. The molecule has 3 nitrogen and oxygen atoms in total. The number of unbranched alkanes of at least 4 members (excludes halogenated alkanes) is 1. The van der Waals surface area contributed by atoms with E-state index < -0.39 is 58.1 Å². The third-order valence-electron chi connectivity index (χ3n) is 7.36. The average Bonchev–Trinajstić information content (AvgIpc) is 2.86. The molecule has 0 N–H and O–H groups in total. The molecule has 214 valence electrons. The summed E-state index contributed by atoms with van der Waals surface area (Å²) in [7, 11) is 0. The maximum atomic E-state index is 14.8. The Bertz CT molecular complexity index is 1220. The van der Waals surface area contributed by atoms with Crippen LogP contribution in [0.25, 0.3) is 10.8 Å². The van der Waals surface area contributed by atoms with Gasteiger partial charge in [0.2, 0.25) is 0 Å². The minimum atomic E-state index is -5.04. The zero-order valence-corrected chi connectivity index (χ0v) is 21.2. The van der Waals surface area contributed by atoms with E-state index in [4.69, 9.17) is 9.47 Å². The Morgan fingerprint density at radius 2 is 1.56 bits per heavy atom. The SMILES string of the molecule is CCCCC1CCC(C2COC(C(F)(F)Oc3cc(F)c4c(F)c(C#CC(F)(F)F)c(F)cc4c3)OC2)CC1. The van der Waals surface area contributed by atoms with Gasteiger partial charge in [0.1, 0.15) is 17.4 Å². The van der Waals surface area contributed by atoms with Crippen molar-refractivity contribution in [3.05, 3.63) is 41.2 Å². The van der Waals surface area contributed by atoms with Crippen molar-refractivity contribution in [3.63, 3.8) is 0 Å². The second-order valence-corrected chi connectivity index (χ2v) is 10.1. The maximum absolute atomic E-state index is 14.8. The molecular formula is C28H28F8O3. The molecule has 0 unspecified atom stereocenters. The van der Waals surface area contributed by atoms with Gasteiger partial charge in [0.15, 0.2) is 5.82 Å². The lowest BCUT2D eigenvalue weighted by molar-refractivity contribution is -0.354. The second kappa shape index (κ2) is 11.9. The van der Waals surface area contributed by atoms with E-state index >= 15 is 0 Å². The highest BCUT2D eigenvalue weighted by molar-refractivity contribution is 5.87. The van der Waals surface area contributed by atoms with Gasteiger partial charge in [-0.1, -0.05) is 44.9 Å². The topological polar surface area (TPSA) is 27.7 Å². The molecule has 0 bridgehead atoms. The number of alkyl halides is 5. The standard InChI is InChI=1S/C28H28F8O3/c1-2-3-4-16-5-7-17(8-6-16)19-14-37-26(38-15-19)28(35,36)39-20-11-18-12-22(29)21(9-10-27(32,33)34)25(31)24(18)23(30)13-20/h11-13,16-17,19,26H,2-8,14-15H2,1H3. The number of fused-ring (bicyclic) bond motifs is 1. The first-order valence-electron chi connectivity index (χ1n) is 12.9. The van der Waals surface area contributed by atoms with Crippen LogP contribution < -0.4 is 4.74 Å². The molecule has 0 radical (unpaired) electrons. The van der Waals surface area contributed by atoms with Crippen LogP contribution in [-0.2, 0) is 9.47 Å². The molecule has 1 aliphatic carbocycles. The molecule has 2 aromatic carbocycles. The fourth-order valence-corrected chi connectivity index (χ4v) is 5.32. The Hall–Kier alpha value is -2.58. The van der Waals surface area contributed by atoms with Crippen molar-refractivity contribution in [2.24, 2.45) is 17.8 Å². The molecule has 39 heavy (non-hydrogen) atoms. The predicted octanol–water partition coefficient (Wildman–Crippen LogP) is 8.13. The highest BCUT2D eigenvalue weighted by Gasteiger charge is 2.48. The molecule has 0 atom stereocenters. The van der Waals surface area contributed by atoms with Crippen molar-refractivity contribution in [1.82, 2.24) is 0 Å². The van der Waals surface area contributed by atoms with Gasteiger partial charge in [0.25, 0.3) is 6.29 Å². The van der Waals surface area contributed by atoms with Gasteiger partial charge >= 0.3 is 12.3 Å². The molecule has 2 aliphatic rings. The molecule has 0 spiro atoms. The van der Waals surface area contributed by atoms with Gasteiger partial charge in [-0.3, -0.25) is 0 Å². The Morgan fingerprint density at radius 3 is 2.18 bits per heavy atom. The van der Waals surface area contributed by atoms with Crippen molar-refractivity contribution in [2.75, 3.05) is 13.2 Å². The minimum Gasteiger partial charge on any atom is -0.429 e. The van der Waals surface area contributed by atoms with E-state index in [1.54, 1.807) is 0 Å². The highest BCUT2D eigenvalue weighted by Crippen LogP contribution is 2.39. The molecule has 1 heterocycles. The van der Waals surface area contributed by atoms with Crippen LogP contribution in [0, 0.1) is 47.0 Å². The van der Waals surface area contributed by atoms with Crippen molar-refractivity contribution in [3.8, 4) is 17.6 Å². The maximum Gasteiger partial charge on any atom is 0.458 e. The van der Waals surface area contributed by atoms with E-state index in [2.05, 4.69) is 11.7 Å². The van der Waals surface area contributed by atoms with Crippen LogP contribution in [0.15, 0.2) is 18.2 Å². The van der Waals surface area contributed by atoms with E-state index in [9.17, 15) is 35.1 Å². The monoisotopic (exact) mass is 564 g/mol. The number of halogens is 8. The summed E-state index contributed by atoms with van der Waals surface area (Å²) in [6.45, 7) is 2.24. The number of ether oxygens (including phenoxy) is 3. The van der Waals surface area contributed by atoms with Crippen LogP contribution in [0.3, 0.4) is 0 Å². The van der Waals surface area contributed by atoms with Gasteiger partial charge in [0.05, 0.1) is 24.2 Å². The number of hydrogen-bond acceptors (Lipinski definition) is 3. The molecule has 0 amide bonds. The first kappa shape index (κ1) is 29.4. The molecule has 4 rings (SSSR count). The molecule has 0 aromatic heterocycles. The fraction of sp³-hybridized carbons (Fsp3) is 0.571. The van der Waals surface area contributed by atoms with Crippen LogP contribution in [0.4, 0.5) is 35.1 Å². The smallest absolute Gasteiger partial charge is 0.429 e. The van der Waals surface area contributed by atoms with Gasteiger partial charge in [-0.2, -0.15) is 22.0 Å². The minimum absolute atomic E-state index is 0.0390. The van der Waals surface area contributed by atoms with E-state index in [1.807, 2.05) is 0 Å². The van der Waals surface area contributed by atoms with Crippen molar-refractivity contribution in [2.45, 2.75) is 70.4 Å². The van der Waals surface area contributed by atoms with Gasteiger partial charge in [-0.05, 0) is 42.2 Å². The molecule has 1 saturated carbocycles. The lowest BCUT2D eigenvalue weighted by Crippen LogP contribution is -2.49. The number of benzene rings is 2. The average molecular weight is 565 g/mol. The normalized spacial score (nSPS) is 24.3. The summed E-state index contributed by atoms with van der Waals surface area (Å²) in [6, 6.07) is 1.64. The van der Waals surface area contributed by atoms with E-state index in [-0.39, 0.29) is 19.1 Å². The predicted molar refractivity (Wildman–Crippen MR) is 126 cm³/mol. The molecule has 1 aliphatic heterocycles. The summed E-state index contributed by atoms with van der Waals surface area (Å²) in [6.07, 6.45) is -3.48. The van der Waals surface area contributed by atoms with Crippen molar-refractivity contribution in [1.29, 1.82) is 0 Å². The summed E-state index contributed by atoms with van der Waals surface area (Å²) in [4.78, 5) is 0. The Morgan fingerprint density at radius 1 is 0.897 bits per heavy atom. The Labute approximate surface area is 220 Å². The Kier molecular flexibility index (Phi) is 8.96. The highest BCUT2D eigenvalue weighted by atomic mass is 19.4. The first-order chi connectivity index (χ1) is 18.4. The molecular weight excluding hydrogens is 536 g/mol. The van der Waals surface area contributed by atoms with Crippen LogP contribution in [-0.4, -0.2) is 31.8 Å². The van der Waals surface area contributed by atoms with Crippen LogP contribution in [0.2, 0.25) is 0 Å². The van der Waals surface area contributed by atoms with E-state index in [1.165, 1.54) is 18.8 Å². The zero-order chi connectivity index (χ0) is 28.4. The quantitative estimate of drug-likeness (QED) is 0.251. The van der Waals surface area contributed by atoms with Gasteiger partial charge in [-0.25, -0.2) is 13.2 Å². The Balaban J connectivity index is 1.42. The summed E-state index contributed by atoms with van der Waals surface area (Å²) < 4.78 is 125. The first-order valence-corrected chi connectivity index (χ1v) is 12.9. The molecule has 2 aromatic rings. The van der Waals surface area contributed by atoms with Gasteiger partial charge in [-0.15, -0.1) is 0 Å². The second-order valence-electron chi connectivity index (χ2n) is 10.1. The summed E-state index contributed by atoms with van der Waals surface area (Å²) in [5.74, 6) is -2.47. The fourth-order valence-electron chi connectivity index (χ4n) is 5.32. The molecule has 1 saturated heterocycles. The lowest BCUT2D eigenvalue weighted by atomic mass is 9.75.